The Kier molecular flexibility index (Phi) is 9.03. The van der Waals surface area contributed by atoms with Gasteiger partial charge in [0.2, 0.25) is 0 Å². The molecule has 0 spiro atoms. The maximum atomic E-state index is 10.1. The van der Waals surface area contributed by atoms with Crippen LogP contribution in [-0.2, 0) is 4.79 Å². The first-order valence-corrected chi connectivity index (χ1v) is 4.80. The van der Waals surface area contributed by atoms with Crippen LogP contribution in [0.3, 0.4) is 0 Å². The van der Waals surface area contributed by atoms with Gasteiger partial charge in [0, 0.05) is 13.0 Å². The van der Waals surface area contributed by atoms with E-state index in [1.807, 2.05) is 0 Å². The topological polar surface area (TPSA) is 71.6 Å². The molecule has 0 bridgehead atoms. The summed E-state index contributed by atoms with van der Waals surface area (Å²) in [4.78, 5) is 10.1. The highest BCUT2D eigenvalue weighted by atomic mass is 16.4. The molecule has 0 saturated heterocycles. The molecule has 0 aromatic carbocycles. The van der Waals surface area contributed by atoms with E-state index in [4.69, 9.17) is 10.8 Å². The number of hydrogen-bond donors (Lipinski definition) is 2. The van der Waals surface area contributed by atoms with Crippen molar-refractivity contribution in [3.8, 4) is 0 Å². The maximum Gasteiger partial charge on any atom is 0.303 e. The van der Waals surface area contributed by atoms with Crippen LogP contribution in [0.1, 0.15) is 32.1 Å². The third-order valence-corrected chi connectivity index (χ3v) is 1.76. The van der Waals surface area contributed by atoms with E-state index in [0.717, 1.165) is 38.8 Å². The smallest absolute Gasteiger partial charge is 0.303 e. The SMILES string of the molecule is [N]CCCNCCCCCC(=O)O. The summed E-state index contributed by atoms with van der Waals surface area (Å²) in [5, 5.41) is 11.5. The van der Waals surface area contributed by atoms with E-state index in [0.29, 0.717) is 0 Å². The number of carboxylic acids is 1. The number of carbonyl (C=O) groups is 1. The fourth-order valence-electron chi connectivity index (χ4n) is 1.03. The van der Waals surface area contributed by atoms with Gasteiger partial charge in [0.05, 0.1) is 0 Å². The lowest BCUT2D eigenvalue weighted by Crippen LogP contribution is -2.17. The van der Waals surface area contributed by atoms with Crippen molar-refractivity contribution in [1.29, 1.82) is 0 Å². The van der Waals surface area contributed by atoms with E-state index in [-0.39, 0.29) is 13.0 Å². The normalized spacial score (nSPS) is 10.2. The number of rotatable bonds is 9. The van der Waals surface area contributed by atoms with Crippen LogP contribution in [0.25, 0.3) is 0 Å². The van der Waals surface area contributed by atoms with Crippen molar-refractivity contribution in [3.63, 3.8) is 0 Å². The molecule has 0 atom stereocenters. The van der Waals surface area contributed by atoms with E-state index >= 15 is 0 Å². The Bertz CT molecular complexity index is 129. The number of nitrogens with zero attached hydrogens (tertiary/aromatic N) is 1. The van der Waals surface area contributed by atoms with Crippen molar-refractivity contribution in [2.75, 3.05) is 19.6 Å². The Morgan fingerprint density at radius 1 is 1.15 bits per heavy atom. The van der Waals surface area contributed by atoms with Gasteiger partial charge in [-0.1, -0.05) is 6.42 Å². The molecule has 2 radical (unpaired) electrons. The number of unbranched alkanes of at least 4 members (excludes halogenated alkanes) is 2. The first-order valence-electron chi connectivity index (χ1n) is 4.80. The van der Waals surface area contributed by atoms with Gasteiger partial charge in [-0.2, -0.15) is 0 Å². The summed E-state index contributed by atoms with van der Waals surface area (Å²) in [6.45, 7) is 1.99. The van der Waals surface area contributed by atoms with Gasteiger partial charge in [0.25, 0.3) is 0 Å². The molecule has 0 aliphatic heterocycles. The van der Waals surface area contributed by atoms with Crippen molar-refractivity contribution in [1.82, 2.24) is 11.1 Å². The molecular formula is C9H18N2O2. The minimum absolute atomic E-state index is 0.228. The molecule has 0 aromatic rings. The molecule has 0 aliphatic rings. The van der Waals surface area contributed by atoms with Crippen LogP contribution in [0.2, 0.25) is 0 Å². The van der Waals surface area contributed by atoms with Crippen LogP contribution < -0.4 is 11.1 Å². The van der Waals surface area contributed by atoms with Crippen molar-refractivity contribution >= 4 is 5.97 Å². The molecule has 0 saturated carbocycles. The highest BCUT2D eigenvalue weighted by Gasteiger charge is 1.95. The predicted molar refractivity (Wildman–Crippen MR) is 50.6 cm³/mol. The molecule has 0 unspecified atom stereocenters. The molecule has 76 valence electrons. The molecule has 0 fully saturated rings. The summed E-state index contributed by atoms with van der Waals surface area (Å²) >= 11 is 0. The minimum Gasteiger partial charge on any atom is -0.481 e. The van der Waals surface area contributed by atoms with E-state index < -0.39 is 5.97 Å². The second-order valence-corrected chi connectivity index (χ2v) is 3.03. The fourth-order valence-corrected chi connectivity index (χ4v) is 1.03. The lowest BCUT2D eigenvalue weighted by Gasteiger charge is -2.01. The van der Waals surface area contributed by atoms with Crippen LogP contribution in [0, 0.1) is 0 Å². The van der Waals surface area contributed by atoms with Gasteiger partial charge in [-0.15, -0.1) is 5.73 Å². The minimum atomic E-state index is -0.715. The zero-order valence-corrected chi connectivity index (χ0v) is 7.96. The van der Waals surface area contributed by atoms with Crippen LogP contribution >= 0.6 is 0 Å². The lowest BCUT2D eigenvalue weighted by atomic mass is 10.2. The summed E-state index contributed by atoms with van der Waals surface area (Å²) in [5.74, 6) is -0.715. The number of carboxylic acid groups (broad SMARTS) is 1. The van der Waals surface area contributed by atoms with Crippen molar-refractivity contribution in [2.45, 2.75) is 32.1 Å². The van der Waals surface area contributed by atoms with Gasteiger partial charge in [0.15, 0.2) is 0 Å². The highest BCUT2D eigenvalue weighted by molar-refractivity contribution is 5.66. The summed E-state index contributed by atoms with van der Waals surface area (Å²) in [6.07, 6.45) is 3.79. The fraction of sp³-hybridized carbons (Fsp3) is 0.889. The van der Waals surface area contributed by atoms with Gasteiger partial charge >= 0.3 is 5.97 Å². The van der Waals surface area contributed by atoms with Gasteiger partial charge in [-0.05, 0) is 32.4 Å². The molecule has 0 rings (SSSR count). The molecule has 13 heavy (non-hydrogen) atoms. The van der Waals surface area contributed by atoms with Crippen LogP contribution in [0.5, 0.6) is 0 Å². The first-order chi connectivity index (χ1) is 6.27. The third-order valence-electron chi connectivity index (χ3n) is 1.76. The van der Waals surface area contributed by atoms with E-state index in [2.05, 4.69) is 5.32 Å². The van der Waals surface area contributed by atoms with Crippen LogP contribution in [-0.4, -0.2) is 30.7 Å². The lowest BCUT2D eigenvalue weighted by molar-refractivity contribution is -0.137. The largest absolute Gasteiger partial charge is 0.481 e. The molecule has 0 aliphatic carbocycles. The van der Waals surface area contributed by atoms with Crippen molar-refractivity contribution in [2.24, 2.45) is 0 Å². The van der Waals surface area contributed by atoms with Gasteiger partial charge in [-0.25, -0.2) is 0 Å². The molecule has 0 heterocycles. The van der Waals surface area contributed by atoms with Gasteiger partial charge in [0.1, 0.15) is 0 Å². The maximum absolute atomic E-state index is 10.1. The average molecular weight is 186 g/mol. The second kappa shape index (κ2) is 9.48. The summed E-state index contributed by atoms with van der Waals surface area (Å²) in [5.41, 5.74) is 8.46. The van der Waals surface area contributed by atoms with Crippen molar-refractivity contribution in [3.05, 3.63) is 0 Å². The highest BCUT2D eigenvalue weighted by Crippen LogP contribution is 1.98. The Hall–Kier alpha value is -0.610. The van der Waals surface area contributed by atoms with E-state index in [1.54, 1.807) is 0 Å². The average Bonchev–Trinajstić information content (AvgIpc) is 2.09. The molecule has 4 nitrogen and oxygen atoms in total. The Morgan fingerprint density at radius 2 is 1.85 bits per heavy atom. The van der Waals surface area contributed by atoms with Crippen LogP contribution in [0.4, 0.5) is 0 Å². The molecular weight excluding hydrogens is 168 g/mol. The first kappa shape index (κ1) is 12.4. The molecule has 2 N–H and O–H groups in total. The standard InChI is InChI=1S/C9H18N2O2/c10-6-4-8-11-7-3-1-2-5-9(12)13/h11H,1-8H2,(H,12,13). The molecule has 0 aromatic heterocycles. The predicted octanol–water partition coefficient (Wildman–Crippen LogP) is 0.680. The Morgan fingerprint density at radius 3 is 2.46 bits per heavy atom. The van der Waals surface area contributed by atoms with Gasteiger partial charge < -0.3 is 10.4 Å². The quantitative estimate of drug-likeness (QED) is 0.520. The molecule has 0 amide bonds. The zero-order valence-electron chi connectivity index (χ0n) is 7.96. The number of nitrogens with one attached hydrogen (secondary N) is 1. The monoisotopic (exact) mass is 186 g/mol. The summed E-state index contributed by atoms with van der Waals surface area (Å²) in [6, 6.07) is 0. The third kappa shape index (κ3) is 11.4. The van der Waals surface area contributed by atoms with E-state index in [9.17, 15) is 4.79 Å². The van der Waals surface area contributed by atoms with Crippen molar-refractivity contribution < 1.29 is 9.90 Å². The number of hydrogen-bond acceptors (Lipinski definition) is 2. The zero-order chi connectivity index (χ0) is 9.94. The van der Waals surface area contributed by atoms with Crippen LogP contribution in [0.15, 0.2) is 0 Å². The van der Waals surface area contributed by atoms with Gasteiger partial charge in [-0.3, -0.25) is 4.79 Å². The van der Waals surface area contributed by atoms with E-state index in [1.165, 1.54) is 0 Å². The Balaban J connectivity index is 2.87. The number of aliphatic carboxylic acids is 1. The molecule has 4 heteroatoms. The summed E-state index contributed by atoms with van der Waals surface area (Å²) < 4.78 is 0. The summed E-state index contributed by atoms with van der Waals surface area (Å²) in [7, 11) is 0. The second-order valence-electron chi connectivity index (χ2n) is 3.03. The Labute approximate surface area is 79.5 Å².